The molecular weight excluding hydrogens is 152 g/mol. The number of Topliss-reactive ketones (excluding diaryl/α,β-unsaturated/α-hetero) is 1. The molecule has 2 aliphatic rings. The second-order valence-electron chi connectivity index (χ2n) is 4.04. The third-order valence-electron chi connectivity index (χ3n) is 3.28. The highest BCUT2D eigenvalue weighted by Crippen LogP contribution is 2.38. The molecule has 2 saturated heterocycles. The first-order valence-corrected chi connectivity index (χ1v) is 4.69. The molecule has 0 aromatic heterocycles. The fourth-order valence-corrected chi connectivity index (χ4v) is 2.46. The Morgan fingerprint density at radius 1 is 1.42 bits per heavy atom. The molecule has 68 valence electrons. The number of hydrogen-bond donors (Lipinski definition) is 2. The zero-order chi connectivity index (χ0) is 8.60. The van der Waals surface area contributed by atoms with E-state index in [1.54, 1.807) is 6.92 Å². The van der Waals surface area contributed by atoms with E-state index in [-0.39, 0.29) is 6.04 Å². The van der Waals surface area contributed by atoms with Crippen LogP contribution in [0.1, 0.15) is 19.8 Å². The van der Waals surface area contributed by atoms with Crippen LogP contribution >= 0.6 is 0 Å². The summed E-state index contributed by atoms with van der Waals surface area (Å²) in [5.74, 6) is 0.308. The molecule has 0 saturated carbocycles. The van der Waals surface area contributed by atoms with Gasteiger partial charge in [0.2, 0.25) is 0 Å². The molecular formula is C9H16N2O. The van der Waals surface area contributed by atoms with Crippen molar-refractivity contribution < 1.29 is 4.79 Å². The highest BCUT2D eigenvalue weighted by Gasteiger charge is 2.48. The summed E-state index contributed by atoms with van der Waals surface area (Å²) in [7, 11) is 0. The quantitative estimate of drug-likeness (QED) is 0.575. The van der Waals surface area contributed by atoms with E-state index in [2.05, 4.69) is 10.6 Å². The van der Waals surface area contributed by atoms with Crippen LogP contribution in [-0.2, 0) is 4.79 Å². The van der Waals surface area contributed by atoms with Gasteiger partial charge in [0.1, 0.15) is 5.78 Å². The van der Waals surface area contributed by atoms with Gasteiger partial charge in [0.25, 0.3) is 0 Å². The minimum absolute atomic E-state index is 0.152. The fourth-order valence-electron chi connectivity index (χ4n) is 2.46. The summed E-state index contributed by atoms with van der Waals surface area (Å²) < 4.78 is 0. The average Bonchev–Trinajstić information content (AvgIpc) is 2.03. The number of nitrogens with one attached hydrogen (secondary N) is 2. The molecule has 1 unspecified atom stereocenters. The van der Waals surface area contributed by atoms with Crippen molar-refractivity contribution in [1.29, 1.82) is 0 Å². The highest BCUT2D eigenvalue weighted by molar-refractivity contribution is 5.83. The SMILES string of the molecule is CC(=O)C1NCC12CCNCC2. The predicted molar refractivity (Wildman–Crippen MR) is 47.0 cm³/mol. The summed E-state index contributed by atoms with van der Waals surface area (Å²) in [6.45, 7) is 4.89. The summed E-state index contributed by atoms with van der Waals surface area (Å²) >= 11 is 0. The maximum absolute atomic E-state index is 11.2. The first-order chi connectivity index (χ1) is 5.75. The minimum atomic E-state index is 0.152. The van der Waals surface area contributed by atoms with Crippen LogP contribution in [0, 0.1) is 5.41 Å². The van der Waals surface area contributed by atoms with Crippen molar-refractivity contribution in [3.05, 3.63) is 0 Å². The molecule has 0 aliphatic carbocycles. The molecule has 2 N–H and O–H groups in total. The standard InChI is InChI=1S/C9H16N2O/c1-7(12)8-9(6-11-8)2-4-10-5-3-9/h8,10-11H,2-6H2,1H3. The Labute approximate surface area is 72.9 Å². The number of rotatable bonds is 1. The second kappa shape index (κ2) is 2.82. The number of ketones is 1. The summed E-state index contributed by atoms with van der Waals surface area (Å²) in [5.41, 5.74) is 0.317. The Balaban J connectivity index is 2.05. The van der Waals surface area contributed by atoms with Gasteiger partial charge in [-0.1, -0.05) is 0 Å². The maximum Gasteiger partial charge on any atom is 0.147 e. The molecule has 0 radical (unpaired) electrons. The smallest absolute Gasteiger partial charge is 0.147 e. The van der Waals surface area contributed by atoms with Gasteiger partial charge >= 0.3 is 0 Å². The van der Waals surface area contributed by atoms with Crippen molar-refractivity contribution in [3.63, 3.8) is 0 Å². The van der Waals surface area contributed by atoms with E-state index in [0.717, 1.165) is 32.5 Å². The number of carbonyl (C=O) groups excluding carboxylic acids is 1. The molecule has 1 atom stereocenters. The summed E-state index contributed by atoms with van der Waals surface area (Å²) in [6.07, 6.45) is 2.31. The molecule has 0 aromatic carbocycles. The summed E-state index contributed by atoms with van der Waals surface area (Å²) in [6, 6.07) is 0.152. The van der Waals surface area contributed by atoms with Crippen molar-refractivity contribution in [2.24, 2.45) is 5.41 Å². The largest absolute Gasteiger partial charge is 0.317 e. The van der Waals surface area contributed by atoms with Crippen LogP contribution in [0.5, 0.6) is 0 Å². The molecule has 0 bridgehead atoms. The third-order valence-corrected chi connectivity index (χ3v) is 3.28. The van der Waals surface area contributed by atoms with E-state index in [0.29, 0.717) is 11.2 Å². The van der Waals surface area contributed by atoms with E-state index in [4.69, 9.17) is 0 Å². The Bertz CT molecular complexity index is 197. The minimum Gasteiger partial charge on any atom is -0.317 e. The lowest BCUT2D eigenvalue weighted by Crippen LogP contribution is -2.67. The molecule has 3 heteroatoms. The van der Waals surface area contributed by atoms with Crippen molar-refractivity contribution in [1.82, 2.24) is 10.6 Å². The van der Waals surface area contributed by atoms with Crippen LogP contribution in [0.25, 0.3) is 0 Å². The Hall–Kier alpha value is -0.410. The van der Waals surface area contributed by atoms with Crippen LogP contribution in [0.15, 0.2) is 0 Å². The van der Waals surface area contributed by atoms with E-state index in [1.807, 2.05) is 0 Å². The van der Waals surface area contributed by atoms with E-state index >= 15 is 0 Å². The monoisotopic (exact) mass is 168 g/mol. The summed E-state index contributed by atoms with van der Waals surface area (Å²) in [5, 5.41) is 6.56. The molecule has 2 rings (SSSR count). The van der Waals surface area contributed by atoms with Gasteiger partial charge in [0, 0.05) is 12.0 Å². The molecule has 3 nitrogen and oxygen atoms in total. The fraction of sp³-hybridized carbons (Fsp3) is 0.889. The van der Waals surface area contributed by atoms with Crippen molar-refractivity contribution in [2.75, 3.05) is 19.6 Å². The first kappa shape index (κ1) is 8.20. The van der Waals surface area contributed by atoms with Gasteiger partial charge in [-0.3, -0.25) is 4.79 Å². The van der Waals surface area contributed by atoms with Crippen LogP contribution in [0.4, 0.5) is 0 Å². The number of carbonyl (C=O) groups is 1. The van der Waals surface area contributed by atoms with Crippen LogP contribution in [0.3, 0.4) is 0 Å². The van der Waals surface area contributed by atoms with Gasteiger partial charge in [0.15, 0.2) is 0 Å². The molecule has 2 aliphatic heterocycles. The normalized spacial score (nSPS) is 32.9. The van der Waals surface area contributed by atoms with Crippen LogP contribution < -0.4 is 10.6 Å². The molecule has 2 fully saturated rings. The number of piperidine rings is 1. The molecule has 1 spiro atoms. The van der Waals surface area contributed by atoms with Crippen LogP contribution in [0.2, 0.25) is 0 Å². The van der Waals surface area contributed by atoms with Gasteiger partial charge in [0.05, 0.1) is 6.04 Å². The van der Waals surface area contributed by atoms with Crippen LogP contribution in [-0.4, -0.2) is 31.5 Å². The van der Waals surface area contributed by atoms with Crippen molar-refractivity contribution in [2.45, 2.75) is 25.8 Å². The molecule has 2 heterocycles. The second-order valence-corrected chi connectivity index (χ2v) is 4.04. The molecule has 0 aromatic rings. The van der Waals surface area contributed by atoms with Gasteiger partial charge in [-0.05, 0) is 32.9 Å². The van der Waals surface area contributed by atoms with E-state index in [1.165, 1.54) is 0 Å². The summed E-state index contributed by atoms with van der Waals surface area (Å²) in [4.78, 5) is 11.2. The Kier molecular flexibility index (Phi) is 1.93. The van der Waals surface area contributed by atoms with E-state index in [9.17, 15) is 4.79 Å². The third kappa shape index (κ3) is 1.08. The topological polar surface area (TPSA) is 41.1 Å². The molecule has 12 heavy (non-hydrogen) atoms. The number of hydrogen-bond acceptors (Lipinski definition) is 3. The maximum atomic E-state index is 11.2. The van der Waals surface area contributed by atoms with Gasteiger partial charge in [-0.2, -0.15) is 0 Å². The van der Waals surface area contributed by atoms with Gasteiger partial charge in [-0.15, -0.1) is 0 Å². The molecule has 0 amide bonds. The van der Waals surface area contributed by atoms with E-state index < -0.39 is 0 Å². The Morgan fingerprint density at radius 2 is 2.08 bits per heavy atom. The van der Waals surface area contributed by atoms with Gasteiger partial charge in [-0.25, -0.2) is 0 Å². The van der Waals surface area contributed by atoms with Gasteiger partial charge < -0.3 is 10.6 Å². The Morgan fingerprint density at radius 3 is 2.50 bits per heavy atom. The highest BCUT2D eigenvalue weighted by atomic mass is 16.1. The average molecular weight is 168 g/mol. The van der Waals surface area contributed by atoms with Crippen molar-refractivity contribution in [3.8, 4) is 0 Å². The predicted octanol–water partition coefficient (Wildman–Crippen LogP) is -0.0830. The zero-order valence-corrected chi connectivity index (χ0v) is 7.52. The van der Waals surface area contributed by atoms with Crippen molar-refractivity contribution >= 4 is 5.78 Å². The first-order valence-electron chi connectivity index (χ1n) is 4.69. The lowest BCUT2D eigenvalue weighted by atomic mass is 9.66. The lowest BCUT2D eigenvalue weighted by molar-refractivity contribution is -0.127. The lowest BCUT2D eigenvalue weighted by Gasteiger charge is -2.51. The zero-order valence-electron chi connectivity index (χ0n) is 7.52.